The predicted octanol–water partition coefficient (Wildman–Crippen LogP) is 2.47. The molecule has 1 rings (SSSR count). The summed E-state index contributed by atoms with van der Waals surface area (Å²) in [5, 5.41) is 0. The lowest BCUT2D eigenvalue weighted by molar-refractivity contribution is 0.0825. The van der Waals surface area contributed by atoms with Crippen molar-refractivity contribution < 1.29 is 9.53 Å². The Balaban J connectivity index is 3.33. The standard InChI is InChI=1S/C11H14BrNO2/c1-7-9(15-4)6-5-8(12)10(7)11(14)13(2)3/h5-6H,1-4H3. The Morgan fingerprint density at radius 3 is 2.47 bits per heavy atom. The van der Waals surface area contributed by atoms with Crippen molar-refractivity contribution in [1.82, 2.24) is 4.90 Å². The highest BCUT2D eigenvalue weighted by Gasteiger charge is 2.17. The van der Waals surface area contributed by atoms with E-state index in [0.29, 0.717) is 5.56 Å². The first-order valence-electron chi connectivity index (χ1n) is 4.53. The number of methoxy groups -OCH3 is 1. The van der Waals surface area contributed by atoms with E-state index in [0.717, 1.165) is 15.8 Å². The van der Waals surface area contributed by atoms with Crippen LogP contribution in [0.25, 0.3) is 0 Å². The van der Waals surface area contributed by atoms with E-state index in [2.05, 4.69) is 15.9 Å². The van der Waals surface area contributed by atoms with Crippen molar-refractivity contribution in [2.24, 2.45) is 0 Å². The Bertz CT molecular complexity index is 388. The number of carbonyl (C=O) groups is 1. The van der Waals surface area contributed by atoms with Crippen LogP contribution in [-0.2, 0) is 0 Å². The van der Waals surface area contributed by atoms with Gasteiger partial charge in [-0.15, -0.1) is 0 Å². The zero-order chi connectivity index (χ0) is 11.6. The highest BCUT2D eigenvalue weighted by Crippen LogP contribution is 2.28. The summed E-state index contributed by atoms with van der Waals surface area (Å²) in [6.45, 7) is 1.88. The van der Waals surface area contributed by atoms with Crippen LogP contribution in [0, 0.1) is 6.92 Å². The second-order valence-corrected chi connectivity index (χ2v) is 4.30. The summed E-state index contributed by atoms with van der Waals surface area (Å²) >= 11 is 3.38. The first-order valence-corrected chi connectivity index (χ1v) is 5.33. The minimum absolute atomic E-state index is 0.0294. The van der Waals surface area contributed by atoms with Crippen molar-refractivity contribution >= 4 is 21.8 Å². The summed E-state index contributed by atoms with van der Waals surface area (Å²) in [7, 11) is 5.06. The molecule has 0 heterocycles. The van der Waals surface area contributed by atoms with Crippen LogP contribution in [0.4, 0.5) is 0 Å². The van der Waals surface area contributed by atoms with Crippen molar-refractivity contribution in [2.75, 3.05) is 21.2 Å². The third-order valence-corrected chi connectivity index (χ3v) is 2.87. The van der Waals surface area contributed by atoms with Gasteiger partial charge in [0.2, 0.25) is 0 Å². The molecule has 1 aromatic rings. The average molecular weight is 272 g/mol. The first-order chi connectivity index (χ1) is 6.99. The molecule has 0 fully saturated rings. The molecule has 0 aromatic heterocycles. The van der Waals surface area contributed by atoms with Gasteiger partial charge in [-0.1, -0.05) is 0 Å². The summed E-state index contributed by atoms with van der Waals surface area (Å²) in [5.41, 5.74) is 1.50. The normalized spacial score (nSPS) is 9.93. The van der Waals surface area contributed by atoms with Gasteiger partial charge < -0.3 is 9.64 Å². The van der Waals surface area contributed by atoms with E-state index < -0.39 is 0 Å². The third-order valence-electron chi connectivity index (χ3n) is 2.20. The Labute approximate surface area is 98.2 Å². The summed E-state index contributed by atoms with van der Waals surface area (Å²) in [6, 6.07) is 3.66. The summed E-state index contributed by atoms with van der Waals surface area (Å²) < 4.78 is 5.97. The van der Waals surface area contributed by atoms with Gasteiger partial charge in [-0.2, -0.15) is 0 Å². The molecule has 82 valence electrons. The minimum Gasteiger partial charge on any atom is -0.496 e. The number of benzene rings is 1. The van der Waals surface area contributed by atoms with Gasteiger partial charge in [0.25, 0.3) is 5.91 Å². The van der Waals surface area contributed by atoms with Gasteiger partial charge in [-0.25, -0.2) is 0 Å². The smallest absolute Gasteiger partial charge is 0.254 e. The summed E-state index contributed by atoms with van der Waals surface area (Å²) in [6.07, 6.45) is 0. The molecule has 0 atom stereocenters. The maximum atomic E-state index is 11.9. The Hall–Kier alpha value is -1.03. The number of hydrogen-bond acceptors (Lipinski definition) is 2. The molecule has 0 spiro atoms. The molecule has 1 amide bonds. The SMILES string of the molecule is COc1ccc(Br)c(C(=O)N(C)C)c1C. The predicted molar refractivity (Wildman–Crippen MR) is 63.4 cm³/mol. The number of ether oxygens (including phenoxy) is 1. The van der Waals surface area contributed by atoms with Crippen molar-refractivity contribution in [3.63, 3.8) is 0 Å². The van der Waals surface area contributed by atoms with Gasteiger partial charge in [-0.05, 0) is 35.0 Å². The van der Waals surface area contributed by atoms with Gasteiger partial charge in [0.1, 0.15) is 5.75 Å². The fourth-order valence-electron chi connectivity index (χ4n) is 1.37. The largest absolute Gasteiger partial charge is 0.496 e. The number of hydrogen-bond donors (Lipinski definition) is 0. The Morgan fingerprint density at radius 2 is 2.00 bits per heavy atom. The average Bonchev–Trinajstić information content (AvgIpc) is 2.17. The summed E-state index contributed by atoms with van der Waals surface area (Å²) in [5.74, 6) is 0.696. The van der Waals surface area contributed by atoms with E-state index in [1.165, 1.54) is 0 Å². The van der Waals surface area contributed by atoms with Gasteiger partial charge in [0, 0.05) is 24.1 Å². The van der Waals surface area contributed by atoms with Crippen LogP contribution < -0.4 is 4.74 Å². The van der Waals surface area contributed by atoms with Crippen molar-refractivity contribution in [1.29, 1.82) is 0 Å². The van der Waals surface area contributed by atoms with E-state index >= 15 is 0 Å². The second-order valence-electron chi connectivity index (χ2n) is 3.45. The molecule has 0 saturated heterocycles. The molecule has 0 bridgehead atoms. The number of nitrogens with zero attached hydrogens (tertiary/aromatic N) is 1. The van der Waals surface area contributed by atoms with Crippen molar-refractivity contribution in [2.45, 2.75) is 6.92 Å². The fraction of sp³-hybridized carbons (Fsp3) is 0.364. The van der Waals surface area contributed by atoms with Crippen LogP contribution in [0.3, 0.4) is 0 Å². The molecule has 0 aliphatic rings. The molecule has 0 aliphatic carbocycles. The topological polar surface area (TPSA) is 29.5 Å². The maximum Gasteiger partial charge on any atom is 0.254 e. The van der Waals surface area contributed by atoms with E-state index in [1.807, 2.05) is 19.1 Å². The van der Waals surface area contributed by atoms with Crippen LogP contribution >= 0.6 is 15.9 Å². The lowest BCUT2D eigenvalue weighted by atomic mass is 10.1. The lowest BCUT2D eigenvalue weighted by Gasteiger charge is -2.15. The molecule has 0 radical (unpaired) electrons. The van der Waals surface area contributed by atoms with Gasteiger partial charge in [-0.3, -0.25) is 4.79 Å². The quantitative estimate of drug-likeness (QED) is 0.827. The van der Waals surface area contributed by atoms with Crippen molar-refractivity contribution in [3.8, 4) is 5.75 Å². The highest BCUT2D eigenvalue weighted by molar-refractivity contribution is 9.10. The third kappa shape index (κ3) is 2.31. The van der Waals surface area contributed by atoms with Crippen LogP contribution in [0.1, 0.15) is 15.9 Å². The van der Waals surface area contributed by atoms with Gasteiger partial charge >= 0.3 is 0 Å². The molecule has 15 heavy (non-hydrogen) atoms. The Morgan fingerprint density at radius 1 is 1.40 bits per heavy atom. The van der Waals surface area contributed by atoms with Crippen LogP contribution in [0.2, 0.25) is 0 Å². The Kier molecular flexibility index (Phi) is 3.74. The van der Waals surface area contributed by atoms with Gasteiger partial charge in [0.15, 0.2) is 0 Å². The molecular formula is C11H14BrNO2. The highest BCUT2D eigenvalue weighted by atomic mass is 79.9. The fourth-order valence-corrected chi connectivity index (χ4v) is 1.97. The molecule has 0 N–H and O–H groups in total. The van der Waals surface area contributed by atoms with Crippen molar-refractivity contribution in [3.05, 3.63) is 27.7 Å². The molecule has 1 aromatic carbocycles. The van der Waals surface area contributed by atoms with Crippen LogP contribution in [-0.4, -0.2) is 32.0 Å². The molecular weight excluding hydrogens is 258 g/mol. The van der Waals surface area contributed by atoms with E-state index in [1.54, 1.807) is 26.1 Å². The molecule has 0 unspecified atom stereocenters. The van der Waals surface area contributed by atoms with E-state index in [4.69, 9.17) is 4.74 Å². The first kappa shape index (κ1) is 12.0. The minimum atomic E-state index is -0.0294. The number of amides is 1. The number of carbonyl (C=O) groups excluding carboxylic acids is 1. The second kappa shape index (κ2) is 4.66. The number of halogens is 1. The molecule has 0 saturated carbocycles. The van der Waals surface area contributed by atoms with E-state index in [9.17, 15) is 4.79 Å². The monoisotopic (exact) mass is 271 g/mol. The molecule has 3 nitrogen and oxygen atoms in total. The molecule has 0 aliphatic heterocycles. The van der Waals surface area contributed by atoms with Crippen LogP contribution in [0.15, 0.2) is 16.6 Å². The zero-order valence-corrected chi connectivity index (χ0v) is 10.9. The summed E-state index contributed by atoms with van der Waals surface area (Å²) in [4.78, 5) is 13.4. The van der Waals surface area contributed by atoms with E-state index in [-0.39, 0.29) is 5.91 Å². The molecule has 4 heteroatoms. The van der Waals surface area contributed by atoms with Crippen LogP contribution in [0.5, 0.6) is 5.75 Å². The lowest BCUT2D eigenvalue weighted by Crippen LogP contribution is -2.23. The number of rotatable bonds is 2. The maximum absolute atomic E-state index is 11.9. The zero-order valence-electron chi connectivity index (χ0n) is 9.30. The van der Waals surface area contributed by atoms with Gasteiger partial charge in [0.05, 0.1) is 12.7 Å².